The van der Waals surface area contributed by atoms with E-state index < -0.39 is 0 Å². The maximum Gasteiger partial charge on any atom is 0.225 e. The van der Waals surface area contributed by atoms with Gasteiger partial charge in [0.2, 0.25) is 5.91 Å². The van der Waals surface area contributed by atoms with Gasteiger partial charge in [0, 0.05) is 29.5 Å². The van der Waals surface area contributed by atoms with Crippen LogP contribution < -0.4 is 5.32 Å². The lowest BCUT2D eigenvalue weighted by Gasteiger charge is -2.06. The Kier molecular flexibility index (Phi) is 5.44. The van der Waals surface area contributed by atoms with Crippen molar-refractivity contribution < 1.29 is 4.79 Å². The number of aromatic nitrogens is 3. The highest BCUT2D eigenvalue weighted by Crippen LogP contribution is 2.19. The SMILES string of the molecule is N#Cc1ccc(SCCC(=O)Nc2ccc(-n3ccnc3)nc2)cc1. The topological polar surface area (TPSA) is 83.6 Å². The van der Waals surface area contributed by atoms with Gasteiger partial charge in [-0.05, 0) is 36.4 Å². The Morgan fingerprint density at radius 3 is 2.72 bits per heavy atom. The average Bonchev–Trinajstić information content (AvgIpc) is 3.18. The molecule has 124 valence electrons. The number of carbonyl (C=O) groups excluding carboxylic acids is 1. The first-order valence-corrected chi connectivity index (χ1v) is 8.60. The maximum atomic E-state index is 12.0. The molecule has 0 saturated heterocycles. The van der Waals surface area contributed by atoms with Crippen molar-refractivity contribution in [2.24, 2.45) is 0 Å². The molecule has 1 amide bonds. The Balaban J connectivity index is 1.46. The zero-order valence-electron chi connectivity index (χ0n) is 13.3. The standard InChI is InChI=1S/C18H15N5OS/c19-11-14-1-4-16(5-2-14)25-10-7-18(24)22-15-3-6-17(21-12-15)23-9-8-20-13-23/h1-6,8-9,12-13H,7,10H2,(H,22,24). The predicted molar refractivity (Wildman–Crippen MR) is 96.5 cm³/mol. The van der Waals surface area contributed by atoms with Gasteiger partial charge in [-0.1, -0.05) is 0 Å². The number of carbonyl (C=O) groups is 1. The number of hydrogen-bond donors (Lipinski definition) is 1. The molecule has 3 aromatic rings. The molecule has 0 unspecified atom stereocenters. The van der Waals surface area contributed by atoms with Crippen LogP contribution in [0.2, 0.25) is 0 Å². The highest BCUT2D eigenvalue weighted by molar-refractivity contribution is 7.99. The van der Waals surface area contributed by atoms with E-state index in [-0.39, 0.29) is 5.91 Å². The maximum absolute atomic E-state index is 12.0. The Hall–Kier alpha value is -3.11. The number of rotatable bonds is 6. The molecule has 7 heteroatoms. The molecular weight excluding hydrogens is 334 g/mol. The molecule has 25 heavy (non-hydrogen) atoms. The third-order valence-electron chi connectivity index (χ3n) is 3.38. The Morgan fingerprint density at radius 2 is 2.08 bits per heavy atom. The molecule has 1 N–H and O–H groups in total. The van der Waals surface area contributed by atoms with Crippen molar-refractivity contribution in [3.63, 3.8) is 0 Å². The van der Waals surface area contributed by atoms with E-state index in [1.165, 1.54) is 0 Å². The second-order valence-electron chi connectivity index (χ2n) is 5.16. The summed E-state index contributed by atoms with van der Waals surface area (Å²) in [5.74, 6) is 1.35. The molecule has 0 fully saturated rings. The van der Waals surface area contributed by atoms with Crippen molar-refractivity contribution in [3.05, 3.63) is 66.9 Å². The van der Waals surface area contributed by atoms with E-state index in [0.717, 1.165) is 10.7 Å². The number of amides is 1. The zero-order valence-corrected chi connectivity index (χ0v) is 14.1. The summed E-state index contributed by atoms with van der Waals surface area (Å²) < 4.78 is 1.79. The lowest BCUT2D eigenvalue weighted by atomic mass is 10.2. The minimum Gasteiger partial charge on any atom is -0.325 e. The molecule has 1 aromatic carbocycles. The molecule has 0 spiro atoms. The fourth-order valence-corrected chi connectivity index (χ4v) is 2.97. The number of hydrogen-bond acceptors (Lipinski definition) is 5. The molecule has 0 saturated carbocycles. The normalized spacial score (nSPS) is 10.2. The Morgan fingerprint density at radius 1 is 1.24 bits per heavy atom. The van der Waals surface area contributed by atoms with Crippen molar-refractivity contribution in [2.75, 3.05) is 11.1 Å². The molecule has 2 heterocycles. The monoisotopic (exact) mass is 349 g/mol. The summed E-state index contributed by atoms with van der Waals surface area (Å²) in [7, 11) is 0. The Labute approximate surface area is 149 Å². The number of imidazole rings is 1. The summed E-state index contributed by atoms with van der Waals surface area (Å²) in [6, 6.07) is 13.0. The van der Waals surface area contributed by atoms with Crippen LogP contribution in [0.4, 0.5) is 5.69 Å². The fraction of sp³-hybridized carbons (Fsp3) is 0.111. The van der Waals surface area contributed by atoms with Gasteiger partial charge in [-0.15, -0.1) is 11.8 Å². The van der Waals surface area contributed by atoms with Crippen molar-refractivity contribution >= 4 is 23.4 Å². The third-order valence-corrected chi connectivity index (χ3v) is 4.40. The van der Waals surface area contributed by atoms with E-state index in [4.69, 9.17) is 5.26 Å². The number of thioether (sulfide) groups is 1. The van der Waals surface area contributed by atoms with Gasteiger partial charge in [0.05, 0.1) is 23.5 Å². The number of pyridine rings is 1. The van der Waals surface area contributed by atoms with Crippen molar-refractivity contribution in [2.45, 2.75) is 11.3 Å². The van der Waals surface area contributed by atoms with Crippen LogP contribution in [0.25, 0.3) is 5.82 Å². The van der Waals surface area contributed by atoms with E-state index >= 15 is 0 Å². The predicted octanol–water partition coefficient (Wildman–Crippen LogP) is 3.26. The lowest BCUT2D eigenvalue weighted by molar-refractivity contribution is -0.115. The second-order valence-corrected chi connectivity index (χ2v) is 6.33. The fourth-order valence-electron chi connectivity index (χ4n) is 2.12. The van der Waals surface area contributed by atoms with E-state index in [0.29, 0.717) is 23.4 Å². The van der Waals surface area contributed by atoms with Gasteiger partial charge in [-0.25, -0.2) is 9.97 Å². The number of benzene rings is 1. The van der Waals surface area contributed by atoms with Crippen LogP contribution in [0, 0.1) is 11.3 Å². The molecular formula is C18H15N5OS. The first kappa shape index (κ1) is 16.7. The van der Waals surface area contributed by atoms with Gasteiger partial charge in [0.25, 0.3) is 0 Å². The van der Waals surface area contributed by atoms with Crippen molar-refractivity contribution in [1.82, 2.24) is 14.5 Å². The molecule has 0 bridgehead atoms. The number of nitrogens with zero attached hydrogens (tertiary/aromatic N) is 4. The largest absolute Gasteiger partial charge is 0.325 e. The van der Waals surface area contributed by atoms with Crippen LogP contribution in [0.5, 0.6) is 0 Å². The summed E-state index contributed by atoms with van der Waals surface area (Å²) in [4.78, 5) is 21.3. The first-order valence-electron chi connectivity index (χ1n) is 7.62. The molecule has 3 rings (SSSR count). The summed E-state index contributed by atoms with van der Waals surface area (Å²) in [6.07, 6.45) is 7.18. The number of anilines is 1. The number of nitriles is 1. The first-order chi connectivity index (χ1) is 12.2. The van der Waals surface area contributed by atoms with E-state index in [2.05, 4.69) is 21.4 Å². The molecule has 0 aliphatic rings. The van der Waals surface area contributed by atoms with E-state index in [1.807, 2.05) is 24.3 Å². The van der Waals surface area contributed by atoms with Crippen LogP contribution in [0.1, 0.15) is 12.0 Å². The molecule has 0 radical (unpaired) electrons. The van der Waals surface area contributed by atoms with Gasteiger partial charge in [-0.3, -0.25) is 9.36 Å². The van der Waals surface area contributed by atoms with Gasteiger partial charge >= 0.3 is 0 Å². The highest BCUT2D eigenvalue weighted by atomic mass is 32.2. The summed E-state index contributed by atoms with van der Waals surface area (Å²) in [6.45, 7) is 0. The van der Waals surface area contributed by atoms with Crippen molar-refractivity contribution in [3.8, 4) is 11.9 Å². The highest BCUT2D eigenvalue weighted by Gasteiger charge is 2.04. The minimum absolute atomic E-state index is 0.0571. The van der Waals surface area contributed by atoms with Crippen LogP contribution in [0.15, 0.2) is 66.2 Å². The van der Waals surface area contributed by atoms with Crippen LogP contribution in [0.3, 0.4) is 0 Å². The van der Waals surface area contributed by atoms with Gasteiger partial charge in [0.1, 0.15) is 12.1 Å². The second kappa shape index (κ2) is 8.13. The minimum atomic E-state index is -0.0571. The summed E-state index contributed by atoms with van der Waals surface area (Å²) >= 11 is 1.58. The van der Waals surface area contributed by atoms with Crippen LogP contribution in [-0.2, 0) is 4.79 Å². The van der Waals surface area contributed by atoms with Crippen LogP contribution in [-0.4, -0.2) is 26.2 Å². The third kappa shape index (κ3) is 4.68. The smallest absolute Gasteiger partial charge is 0.225 e. The summed E-state index contributed by atoms with van der Waals surface area (Å²) in [5, 5.41) is 11.6. The summed E-state index contributed by atoms with van der Waals surface area (Å²) in [5.41, 5.74) is 1.30. The number of nitrogens with one attached hydrogen (secondary N) is 1. The van der Waals surface area contributed by atoms with Crippen LogP contribution >= 0.6 is 11.8 Å². The lowest BCUT2D eigenvalue weighted by Crippen LogP contribution is -2.12. The van der Waals surface area contributed by atoms with Gasteiger partial charge < -0.3 is 5.32 Å². The van der Waals surface area contributed by atoms with E-state index in [9.17, 15) is 4.79 Å². The molecule has 2 aromatic heterocycles. The van der Waals surface area contributed by atoms with Gasteiger partial charge in [0.15, 0.2) is 0 Å². The molecule has 0 aliphatic heterocycles. The Bertz CT molecular complexity index is 867. The van der Waals surface area contributed by atoms with E-state index in [1.54, 1.807) is 53.4 Å². The zero-order chi connectivity index (χ0) is 17.5. The molecule has 0 aliphatic carbocycles. The van der Waals surface area contributed by atoms with Gasteiger partial charge in [-0.2, -0.15) is 5.26 Å². The molecule has 6 nitrogen and oxygen atoms in total. The average molecular weight is 349 g/mol. The van der Waals surface area contributed by atoms with Crippen molar-refractivity contribution in [1.29, 1.82) is 5.26 Å². The quantitative estimate of drug-likeness (QED) is 0.691. The molecule has 0 atom stereocenters.